The van der Waals surface area contributed by atoms with Crippen molar-refractivity contribution in [3.8, 4) is 0 Å². The number of nitrogens with two attached hydrogens (primary N) is 2. The summed E-state index contributed by atoms with van der Waals surface area (Å²) >= 11 is 0. The first-order valence-corrected chi connectivity index (χ1v) is 8.47. The van der Waals surface area contributed by atoms with E-state index in [1.807, 2.05) is 0 Å². The molecule has 2 fully saturated rings. The molecule has 0 saturated heterocycles. The van der Waals surface area contributed by atoms with Crippen LogP contribution in [0, 0.1) is 17.8 Å². The molecule has 2 aliphatic carbocycles. The van der Waals surface area contributed by atoms with Crippen molar-refractivity contribution in [2.24, 2.45) is 29.2 Å². The number of rotatable bonds is 4. The first-order valence-electron chi connectivity index (χ1n) is 8.47. The molecular weight excluding hydrogens is 232 g/mol. The monoisotopic (exact) mass is 266 g/mol. The summed E-state index contributed by atoms with van der Waals surface area (Å²) < 4.78 is 0. The van der Waals surface area contributed by atoms with E-state index in [1.54, 1.807) is 0 Å². The van der Waals surface area contributed by atoms with E-state index in [-0.39, 0.29) is 5.54 Å². The largest absolute Gasteiger partial charge is 0.328 e. The van der Waals surface area contributed by atoms with Crippen LogP contribution < -0.4 is 11.5 Å². The molecule has 0 atom stereocenters. The predicted molar refractivity (Wildman–Crippen MR) is 82.9 cm³/mol. The van der Waals surface area contributed by atoms with Crippen LogP contribution in [0.4, 0.5) is 0 Å². The van der Waals surface area contributed by atoms with Crippen molar-refractivity contribution < 1.29 is 0 Å². The van der Waals surface area contributed by atoms with Gasteiger partial charge in [-0.05, 0) is 70.1 Å². The molecule has 2 heteroatoms. The molecule has 0 amide bonds. The zero-order valence-electron chi connectivity index (χ0n) is 13.0. The average Bonchev–Trinajstić information content (AvgIpc) is 2.33. The highest BCUT2D eigenvalue weighted by Gasteiger charge is 2.28. The van der Waals surface area contributed by atoms with Crippen LogP contribution >= 0.6 is 0 Å². The van der Waals surface area contributed by atoms with E-state index in [9.17, 15) is 0 Å². The Morgan fingerprint density at radius 3 is 1.68 bits per heavy atom. The van der Waals surface area contributed by atoms with Crippen LogP contribution in [0.5, 0.6) is 0 Å². The van der Waals surface area contributed by atoms with Crippen LogP contribution in [0.1, 0.15) is 78.1 Å². The SMILES string of the molecule is CC(C)(N)CC1CCC(CC2CCC(N)CC2)CC1. The standard InChI is InChI=1S/C17H34N2/c1-17(2,19)12-15-5-3-13(4-6-15)11-14-7-9-16(18)10-8-14/h13-16H,3-12,18-19H2,1-2H3. The number of hydrogen-bond acceptors (Lipinski definition) is 2. The molecule has 0 radical (unpaired) electrons. The summed E-state index contributed by atoms with van der Waals surface area (Å²) in [5, 5.41) is 0. The van der Waals surface area contributed by atoms with E-state index in [4.69, 9.17) is 11.5 Å². The minimum Gasteiger partial charge on any atom is -0.328 e. The lowest BCUT2D eigenvalue weighted by Gasteiger charge is -2.35. The smallest absolute Gasteiger partial charge is 0.00996 e. The van der Waals surface area contributed by atoms with Gasteiger partial charge in [-0.2, -0.15) is 0 Å². The van der Waals surface area contributed by atoms with Crippen LogP contribution in [-0.4, -0.2) is 11.6 Å². The first-order chi connectivity index (χ1) is 8.92. The van der Waals surface area contributed by atoms with Gasteiger partial charge in [0, 0.05) is 11.6 Å². The zero-order valence-corrected chi connectivity index (χ0v) is 13.0. The second-order valence-corrected chi connectivity index (χ2v) is 8.10. The molecule has 19 heavy (non-hydrogen) atoms. The van der Waals surface area contributed by atoms with E-state index in [0.29, 0.717) is 6.04 Å². The summed E-state index contributed by atoms with van der Waals surface area (Å²) in [4.78, 5) is 0. The molecular formula is C17H34N2. The van der Waals surface area contributed by atoms with Gasteiger partial charge in [-0.1, -0.05) is 25.7 Å². The van der Waals surface area contributed by atoms with Crippen LogP contribution in [0.3, 0.4) is 0 Å². The fourth-order valence-corrected chi connectivity index (χ4v) is 4.31. The Kier molecular flexibility index (Phi) is 5.30. The van der Waals surface area contributed by atoms with Gasteiger partial charge in [0.15, 0.2) is 0 Å². The highest BCUT2D eigenvalue weighted by molar-refractivity contribution is 4.83. The second-order valence-electron chi connectivity index (χ2n) is 8.10. The quantitative estimate of drug-likeness (QED) is 0.812. The lowest BCUT2D eigenvalue weighted by atomic mass is 9.72. The highest BCUT2D eigenvalue weighted by Crippen LogP contribution is 2.38. The molecule has 112 valence electrons. The van der Waals surface area contributed by atoms with Gasteiger partial charge in [-0.3, -0.25) is 0 Å². The first kappa shape index (κ1) is 15.3. The third-order valence-corrected chi connectivity index (χ3v) is 5.34. The molecule has 2 saturated carbocycles. The maximum atomic E-state index is 6.15. The van der Waals surface area contributed by atoms with Gasteiger partial charge in [0.05, 0.1) is 0 Å². The topological polar surface area (TPSA) is 52.0 Å². The van der Waals surface area contributed by atoms with Crippen molar-refractivity contribution in [2.75, 3.05) is 0 Å². The van der Waals surface area contributed by atoms with Gasteiger partial charge in [0.2, 0.25) is 0 Å². The molecule has 2 rings (SSSR count). The molecule has 4 N–H and O–H groups in total. The van der Waals surface area contributed by atoms with Gasteiger partial charge >= 0.3 is 0 Å². The molecule has 0 aromatic carbocycles. The molecule has 2 aliphatic rings. The summed E-state index contributed by atoms with van der Waals surface area (Å²) in [7, 11) is 0. The van der Waals surface area contributed by atoms with Crippen molar-refractivity contribution in [2.45, 2.75) is 89.6 Å². The van der Waals surface area contributed by atoms with E-state index >= 15 is 0 Å². The van der Waals surface area contributed by atoms with Gasteiger partial charge < -0.3 is 11.5 Å². The molecule has 0 aromatic rings. The Hall–Kier alpha value is -0.0800. The molecule has 0 heterocycles. The van der Waals surface area contributed by atoms with Gasteiger partial charge in [0.1, 0.15) is 0 Å². The summed E-state index contributed by atoms with van der Waals surface area (Å²) in [5.74, 6) is 2.86. The molecule has 0 unspecified atom stereocenters. The summed E-state index contributed by atoms with van der Waals surface area (Å²) in [6.45, 7) is 4.34. The van der Waals surface area contributed by atoms with Crippen molar-refractivity contribution in [3.63, 3.8) is 0 Å². The van der Waals surface area contributed by atoms with Gasteiger partial charge in [0.25, 0.3) is 0 Å². The molecule has 2 nitrogen and oxygen atoms in total. The number of hydrogen-bond donors (Lipinski definition) is 2. The van der Waals surface area contributed by atoms with E-state index in [2.05, 4.69) is 13.8 Å². The Morgan fingerprint density at radius 2 is 1.21 bits per heavy atom. The van der Waals surface area contributed by atoms with E-state index < -0.39 is 0 Å². The van der Waals surface area contributed by atoms with E-state index in [1.165, 1.54) is 64.2 Å². The maximum absolute atomic E-state index is 6.15. The molecule has 0 bridgehead atoms. The highest BCUT2D eigenvalue weighted by atomic mass is 14.7. The lowest BCUT2D eigenvalue weighted by Crippen LogP contribution is -2.35. The average molecular weight is 266 g/mol. The van der Waals surface area contributed by atoms with Crippen LogP contribution in [-0.2, 0) is 0 Å². The van der Waals surface area contributed by atoms with Crippen molar-refractivity contribution in [1.82, 2.24) is 0 Å². The van der Waals surface area contributed by atoms with Gasteiger partial charge in [-0.25, -0.2) is 0 Å². The maximum Gasteiger partial charge on any atom is 0.00996 e. The zero-order chi connectivity index (χ0) is 13.9. The summed E-state index contributed by atoms with van der Waals surface area (Å²) in [6.07, 6.45) is 13.7. The Balaban J connectivity index is 1.66. The molecule has 0 spiro atoms. The fraction of sp³-hybridized carbons (Fsp3) is 1.00. The molecule has 0 aliphatic heterocycles. The van der Waals surface area contributed by atoms with Crippen molar-refractivity contribution >= 4 is 0 Å². The summed E-state index contributed by atoms with van der Waals surface area (Å²) in [5.41, 5.74) is 12.2. The minimum absolute atomic E-state index is 0.0248. The van der Waals surface area contributed by atoms with Crippen molar-refractivity contribution in [1.29, 1.82) is 0 Å². The minimum atomic E-state index is 0.0248. The second kappa shape index (κ2) is 6.58. The Labute approximate surface area is 119 Å². The molecule has 0 aromatic heterocycles. The Bertz CT molecular complexity index is 253. The van der Waals surface area contributed by atoms with Crippen LogP contribution in [0.15, 0.2) is 0 Å². The Morgan fingerprint density at radius 1 is 0.789 bits per heavy atom. The normalized spacial score (nSPS) is 37.3. The van der Waals surface area contributed by atoms with Crippen LogP contribution in [0.25, 0.3) is 0 Å². The predicted octanol–water partition coefficient (Wildman–Crippen LogP) is 3.83. The van der Waals surface area contributed by atoms with E-state index in [0.717, 1.165) is 17.8 Å². The third kappa shape index (κ3) is 5.43. The van der Waals surface area contributed by atoms with Gasteiger partial charge in [-0.15, -0.1) is 0 Å². The third-order valence-electron chi connectivity index (χ3n) is 5.34. The fourth-order valence-electron chi connectivity index (χ4n) is 4.31. The van der Waals surface area contributed by atoms with Crippen molar-refractivity contribution in [3.05, 3.63) is 0 Å². The van der Waals surface area contributed by atoms with Crippen LogP contribution in [0.2, 0.25) is 0 Å². The summed E-state index contributed by atoms with van der Waals surface area (Å²) in [6, 6.07) is 0.499. The lowest BCUT2D eigenvalue weighted by molar-refractivity contribution is 0.188.